The number of thiazole rings is 1. The van der Waals surface area contributed by atoms with E-state index < -0.39 is 11.8 Å². The van der Waals surface area contributed by atoms with E-state index in [1.807, 2.05) is 17.5 Å². The highest BCUT2D eigenvalue weighted by Gasteiger charge is 2.18. The summed E-state index contributed by atoms with van der Waals surface area (Å²) in [6, 6.07) is 24.3. The van der Waals surface area contributed by atoms with E-state index in [-0.39, 0.29) is 17.4 Å². The van der Waals surface area contributed by atoms with Crippen LogP contribution in [0.4, 0.5) is 10.8 Å². The van der Waals surface area contributed by atoms with Crippen LogP contribution in [0.3, 0.4) is 0 Å². The number of nitrogens with zero attached hydrogens (tertiary/aromatic N) is 1. The van der Waals surface area contributed by atoms with E-state index in [2.05, 4.69) is 20.9 Å². The summed E-state index contributed by atoms with van der Waals surface area (Å²) in [6.45, 7) is 0. The van der Waals surface area contributed by atoms with Crippen molar-refractivity contribution >= 4 is 57.7 Å². The molecule has 0 aliphatic heterocycles. The highest BCUT2D eigenvalue weighted by atomic mass is 32.2. The van der Waals surface area contributed by atoms with E-state index >= 15 is 0 Å². The molecular weight excluding hydrogens is 705 g/mol. The van der Waals surface area contributed by atoms with Gasteiger partial charge in [0.05, 0.1) is 47.0 Å². The van der Waals surface area contributed by atoms with Crippen molar-refractivity contribution in [1.82, 2.24) is 10.3 Å². The number of methoxy groups -OCH3 is 5. The third kappa shape index (κ3) is 9.41. The summed E-state index contributed by atoms with van der Waals surface area (Å²) in [4.78, 5) is 44.8. The van der Waals surface area contributed by atoms with E-state index in [1.165, 1.54) is 50.5 Å². The summed E-state index contributed by atoms with van der Waals surface area (Å²) in [6.07, 6.45) is 1.50. The Morgan fingerprint density at radius 3 is 2.06 bits per heavy atom. The van der Waals surface area contributed by atoms with Crippen LogP contribution in [0.1, 0.15) is 15.9 Å². The van der Waals surface area contributed by atoms with Crippen LogP contribution in [-0.2, 0) is 9.59 Å². The van der Waals surface area contributed by atoms with Gasteiger partial charge >= 0.3 is 0 Å². The Morgan fingerprint density at radius 1 is 0.731 bits per heavy atom. The fraction of sp³-hybridized carbons (Fsp3) is 0.158. The zero-order valence-electron chi connectivity index (χ0n) is 29.0. The van der Waals surface area contributed by atoms with Crippen molar-refractivity contribution in [3.8, 4) is 40.0 Å². The molecule has 0 atom stereocenters. The van der Waals surface area contributed by atoms with Gasteiger partial charge in [0.15, 0.2) is 28.1 Å². The summed E-state index contributed by atoms with van der Waals surface area (Å²) < 4.78 is 27.0. The molecule has 1 aromatic heterocycles. The second kappa shape index (κ2) is 17.8. The fourth-order valence-electron chi connectivity index (χ4n) is 4.86. The van der Waals surface area contributed by atoms with Crippen molar-refractivity contribution < 1.29 is 38.1 Å². The zero-order valence-corrected chi connectivity index (χ0v) is 30.6. The Balaban J connectivity index is 1.24. The molecule has 3 amide bonds. The van der Waals surface area contributed by atoms with Crippen molar-refractivity contribution in [2.75, 3.05) is 51.9 Å². The van der Waals surface area contributed by atoms with Crippen LogP contribution in [0.2, 0.25) is 0 Å². The van der Waals surface area contributed by atoms with Gasteiger partial charge in [-0.3, -0.25) is 14.4 Å². The third-order valence-electron chi connectivity index (χ3n) is 7.48. The molecule has 0 bridgehead atoms. The molecule has 3 N–H and O–H groups in total. The predicted octanol–water partition coefficient (Wildman–Crippen LogP) is 6.99. The van der Waals surface area contributed by atoms with E-state index in [0.29, 0.717) is 56.4 Å². The van der Waals surface area contributed by atoms with Crippen LogP contribution in [-0.4, -0.2) is 64.0 Å². The number of nitrogens with one attached hydrogen (secondary N) is 3. The molecule has 4 aromatic carbocycles. The Hall–Kier alpha value is -5.99. The molecular formula is C38H36N4O8S2. The monoisotopic (exact) mass is 740 g/mol. The molecule has 0 aliphatic rings. The van der Waals surface area contributed by atoms with Gasteiger partial charge in [0.1, 0.15) is 11.4 Å². The Labute approximate surface area is 309 Å². The van der Waals surface area contributed by atoms with Crippen molar-refractivity contribution in [2.45, 2.75) is 4.90 Å². The highest BCUT2D eigenvalue weighted by Crippen LogP contribution is 2.36. The first kappa shape index (κ1) is 37.3. The molecule has 0 aliphatic carbocycles. The largest absolute Gasteiger partial charge is 0.496 e. The first-order valence-corrected chi connectivity index (χ1v) is 17.5. The number of ether oxygens (including phenoxy) is 5. The molecule has 1 heterocycles. The maximum atomic E-state index is 13.6. The molecule has 0 spiro atoms. The normalized spacial score (nSPS) is 10.9. The zero-order chi connectivity index (χ0) is 37.0. The minimum atomic E-state index is -0.572. The second-order valence-corrected chi connectivity index (χ2v) is 12.7. The van der Waals surface area contributed by atoms with Crippen LogP contribution < -0.4 is 39.6 Å². The quantitative estimate of drug-likeness (QED) is 0.0758. The molecule has 0 saturated heterocycles. The van der Waals surface area contributed by atoms with Gasteiger partial charge in [0.2, 0.25) is 5.91 Å². The molecule has 0 fully saturated rings. The van der Waals surface area contributed by atoms with Gasteiger partial charge in [-0.25, -0.2) is 4.98 Å². The third-order valence-corrected chi connectivity index (χ3v) is 9.25. The van der Waals surface area contributed by atoms with Crippen LogP contribution in [0.25, 0.3) is 17.3 Å². The molecule has 5 aromatic rings. The number of anilines is 2. The first-order valence-electron chi connectivity index (χ1n) is 15.6. The maximum Gasteiger partial charge on any atom is 0.272 e. The lowest BCUT2D eigenvalue weighted by Crippen LogP contribution is -2.30. The lowest BCUT2D eigenvalue weighted by atomic mass is 10.1. The molecule has 0 saturated carbocycles. The summed E-state index contributed by atoms with van der Waals surface area (Å²) >= 11 is 2.65. The predicted molar refractivity (Wildman–Crippen MR) is 203 cm³/mol. The number of benzene rings is 4. The van der Waals surface area contributed by atoms with Crippen LogP contribution >= 0.6 is 23.1 Å². The second-order valence-electron chi connectivity index (χ2n) is 10.8. The van der Waals surface area contributed by atoms with E-state index in [0.717, 1.165) is 10.5 Å². The van der Waals surface area contributed by atoms with Gasteiger partial charge in [0, 0.05) is 38.7 Å². The number of hydrogen-bond donors (Lipinski definition) is 3. The average Bonchev–Trinajstić information content (AvgIpc) is 3.65. The van der Waals surface area contributed by atoms with E-state index in [4.69, 9.17) is 23.7 Å². The van der Waals surface area contributed by atoms with Gasteiger partial charge in [-0.1, -0.05) is 18.2 Å². The minimum Gasteiger partial charge on any atom is -0.496 e. The number of carbonyl (C=O) groups is 3. The van der Waals surface area contributed by atoms with Gasteiger partial charge < -0.3 is 39.6 Å². The number of carbonyl (C=O) groups excluding carboxylic acids is 3. The number of hydrogen-bond acceptors (Lipinski definition) is 11. The molecule has 12 nitrogen and oxygen atoms in total. The standard InChI is InChI=1S/C38H36N4O8S2/c1-46-30-16-11-24(18-32(30)48-3)29-21-52-38(41-29)42-35(43)22-51-27-14-12-26(13-15-27)39-37(45)28(40-36(44)23-9-7-6-8-10-23)17-25-19-33(49-4)34(50-5)20-31(25)47-2/h6-21H,22H2,1-5H3,(H,39,45)(H,40,44)(H,41,42,43)/b28-17-. The summed E-state index contributed by atoms with van der Waals surface area (Å²) in [5, 5.41) is 10.7. The number of thioether (sulfide) groups is 1. The summed E-state index contributed by atoms with van der Waals surface area (Å²) in [5.74, 6) is 1.33. The molecule has 52 heavy (non-hydrogen) atoms. The molecule has 268 valence electrons. The van der Waals surface area contributed by atoms with Gasteiger partial charge in [-0.15, -0.1) is 23.1 Å². The van der Waals surface area contributed by atoms with E-state index in [1.54, 1.807) is 87.0 Å². The lowest BCUT2D eigenvalue weighted by molar-refractivity contribution is -0.114. The summed E-state index contributed by atoms with van der Waals surface area (Å²) in [7, 11) is 7.63. The number of aromatic nitrogens is 1. The van der Waals surface area contributed by atoms with Crippen molar-refractivity contribution in [1.29, 1.82) is 0 Å². The minimum absolute atomic E-state index is 0.0361. The van der Waals surface area contributed by atoms with Crippen molar-refractivity contribution in [3.05, 3.63) is 107 Å². The van der Waals surface area contributed by atoms with E-state index in [9.17, 15) is 14.4 Å². The smallest absolute Gasteiger partial charge is 0.272 e. The maximum absolute atomic E-state index is 13.6. The molecule has 0 radical (unpaired) electrons. The van der Waals surface area contributed by atoms with Crippen molar-refractivity contribution in [2.24, 2.45) is 0 Å². The van der Waals surface area contributed by atoms with Crippen LogP contribution in [0.5, 0.6) is 28.7 Å². The fourth-order valence-corrected chi connectivity index (χ4v) is 6.29. The van der Waals surface area contributed by atoms with Gasteiger partial charge in [-0.05, 0) is 66.7 Å². The Bertz CT molecular complexity index is 2070. The number of amides is 3. The highest BCUT2D eigenvalue weighted by molar-refractivity contribution is 8.00. The van der Waals surface area contributed by atoms with Gasteiger partial charge in [-0.2, -0.15) is 0 Å². The van der Waals surface area contributed by atoms with Crippen LogP contribution in [0.15, 0.2) is 101 Å². The lowest BCUT2D eigenvalue weighted by Gasteiger charge is -2.15. The summed E-state index contributed by atoms with van der Waals surface area (Å²) in [5.41, 5.74) is 2.82. The molecule has 0 unspecified atom stereocenters. The Kier molecular flexibility index (Phi) is 12.7. The topological polar surface area (TPSA) is 146 Å². The van der Waals surface area contributed by atoms with Gasteiger partial charge in [0.25, 0.3) is 11.8 Å². The molecule has 5 rings (SSSR count). The van der Waals surface area contributed by atoms with Crippen LogP contribution in [0, 0.1) is 0 Å². The first-order chi connectivity index (χ1) is 25.2. The average molecular weight is 741 g/mol. The van der Waals surface area contributed by atoms with Crippen molar-refractivity contribution in [3.63, 3.8) is 0 Å². The SMILES string of the molecule is COc1cc(OC)c(OC)cc1/C=C(\NC(=O)c1ccccc1)C(=O)Nc1ccc(SCC(=O)Nc2nc(-c3ccc(OC)c(OC)c3)cs2)cc1. The Morgan fingerprint density at radius 2 is 1.38 bits per heavy atom. The number of rotatable bonds is 15. The molecule has 14 heteroatoms.